The highest BCUT2D eigenvalue weighted by molar-refractivity contribution is 9.10. The van der Waals surface area contributed by atoms with Gasteiger partial charge in [0.05, 0.1) is 10.2 Å². The minimum Gasteiger partial charge on any atom is -0.342 e. The van der Waals surface area contributed by atoms with E-state index in [4.69, 9.17) is 0 Å². The molecule has 3 heterocycles. The van der Waals surface area contributed by atoms with Crippen LogP contribution in [0.25, 0.3) is 0 Å². The van der Waals surface area contributed by atoms with Crippen molar-refractivity contribution in [3.63, 3.8) is 0 Å². The SMILES string of the molecule is CC(C)c1[nH]nc(C(=O)N2CCC(C(=O)N3CCCCCC3)CC2)c1Br. The molecule has 2 saturated heterocycles. The molecule has 0 saturated carbocycles. The van der Waals surface area contributed by atoms with Gasteiger partial charge in [-0.25, -0.2) is 0 Å². The lowest BCUT2D eigenvalue weighted by atomic mass is 9.95. The Bertz CT molecular complexity index is 642. The van der Waals surface area contributed by atoms with Gasteiger partial charge >= 0.3 is 0 Å². The van der Waals surface area contributed by atoms with Gasteiger partial charge < -0.3 is 9.80 Å². The Kier molecular flexibility index (Phi) is 6.37. The molecule has 2 fully saturated rings. The van der Waals surface area contributed by atoms with Crippen LogP contribution in [-0.4, -0.2) is 58.0 Å². The van der Waals surface area contributed by atoms with Crippen LogP contribution in [0.5, 0.6) is 0 Å². The fourth-order valence-corrected chi connectivity index (χ4v) is 4.70. The first-order valence-electron chi connectivity index (χ1n) is 9.81. The minimum atomic E-state index is -0.0549. The molecule has 0 atom stereocenters. The van der Waals surface area contributed by atoms with E-state index in [2.05, 4.69) is 40.0 Å². The summed E-state index contributed by atoms with van der Waals surface area (Å²) in [6, 6.07) is 0. The number of aromatic amines is 1. The zero-order valence-corrected chi connectivity index (χ0v) is 17.3. The zero-order chi connectivity index (χ0) is 18.7. The highest BCUT2D eigenvalue weighted by Crippen LogP contribution is 2.28. The van der Waals surface area contributed by atoms with E-state index in [9.17, 15) is 9.59 Å². The van der Waals surface area contributed by atoms with Crippen LogP contribution in [-0.2, 0) is 4.79 Å². The largest absolute Gasteiger partial charge is 0.342 e. The molecular weight excluding hydrogens is 396 g/mol. The Labute approximate surface area is 163 Å². The Morgan fingerprint density at radius 3 is 2.19 bits per heavy atom. The molecule has 6 nitrogen and oxygen atoms in total. The molecule has 1 aromatic rings. The van der Waals surface area contributed by atoms with Crippen LogP contribution in [0.4, 0.5) is 0 Å². The van der Waals surface area contributed by atoms with E-state index in [1.54, 1.807) is 0 Å². The summed E-state index contributed by atoms with van der Waals surface area (Å²) in [5, 5.41) is 7.18. The summed E-state index contributed by atoms with van der Waals surface area (Å²) in [5.41, 5.74) is 1.39. The molecule has 0 aliphatic carbocycles. The molecule has 26 heavy (non-hydrogen) atoms. The summed E-state index contributed by atoms with van der Waals surface area (Å²) >= 11 is 3.51. The number of piperidine rings is 1. The van der Waals surface area contributed by atoms with Gasteiger partial charge in [0, 0.05) is 32.1 Å². The van der Waals surface area contributed by atoms with Crippen LogP contribution in [0.1, 0.15) is 74.5 Å². The molecule has 2 aliphatic rings. The Balaban J connectivity index is 1.58. The third-order valence-electron chi connectivity index (χ3n) is 5.56. The summed E-state index contributed by atoms with van der Waals surface area (Å²) in [6.07, 6.45) is 6.20. The van der Waals surface area contributed by atoms with Gasteiger partial charge in [-0.3, -0.25) is 14.7 Å². The average Bonchev–Trinajstić information content (AvgIpc) is 2.85. The highest BCUT2D eigenvalue weighted by atomic mass is 79.9. The summed E-state index contributed by atoms with van der Waals surface area (Å²) in [5.74, 6) is 0.573. The zero-order valence-electron chi connectivity index (χ0n) is 15.8. The fourth-order valence-electron chi connectivity index (χ4n) is 3.89. The Hall–Kier alpha value is -1.37. The molecule has 1 aromatic heterocycles. The van der Waals surface area contributed by atoms with Crippen molar-refractivity contribution in [2.75, 3.05) is 26.2 Å². The highest BCUT2D eigenvalue weighted by Gasteiger charge is 2.32. The molecule has 3 rings (SSSR count). The van der Waals surface area contributed by atoms with Gasteiger partial charge in [-0.2, -0.15) is 5.10 Å². The third kappa shape index (κ3) is 4.13. The van der Waals surface area contributed by atoms with Crippen LogP contribution in [0.2, 0.25) is 0 Å². The van der Waals surface area contributed by atoms with Gasteiger partial charge in [0.15, 0.2) is 5.69 Å². The number of hydrogen-bond donors (Lipinski definition) is 1. The lowest BCUT2D eigenvalue weighted by Gasteiger charge is -2.33. The number of carbonyl (C=O) groups is 2. The van der Waals surface area contributed by atoms with E-state index in [1.165, 1.54) is 12.8 Å². The third-order valence-corrected chi connectivity index (χ3v) is 6.36. The lowest BCUT2D eigenvalue weighted by molar-refractivity contribution is -0.136. The molecule has 2 amide bonds. The molecule has 0 unspecified atom stereocenters. The van der Waals surface area contributed by atoms with Crippen molar-refractivity contribution in [1.29, 1.82) is 0 Å². The number of nitrogens with one attached hydrogen (secondary N) is 1. The molecule has 1 N–H and O–H groups in total. The summed E-state index contributed by atoms with van der Waals surface area (Å²) in [7, 11) is 0. The van der Waals surface area contributed by atoms with Crippen LogP contribution in [0.3, 0.4) is 0 Å². The molecule has 0 bridgehead atoms. The maximum Gasteiger partial charge on any atom is 0.275 e. The van der Waals surface area contributed by atoms with E-state index >= 15 is 0 Å². The first-order chi connectivity index (χ1) is 12.5. The van der Waals surface area contributed by atoms with Crippen LogP contribution < -0.4 is 0 Å². The number of nitrogens with zero attached hydrogens (tertiary/aromatic N) is 3. The van der Waals surface area contributed by atoms with Gasteiger partial charge in [-0.1, -0.05) is 26.7 Å². The van der Waals surface area contributed by atoms with Crippen molar-refractivity contribution in [2.24, 2.45) is 5.92 Å². The standard InChI is InChI=1S/C19H29BrN4O2/c1-13(2)16-15(20)17(22-21-16)19(26)24-11-7-14(8-12-24)18(25)23-9-5-3-4-6-10-23/h13-14H,3-12H2,1-2H3,(H,21,22). The summed E-state index contributed by atoms with van der Waals surface area (Å²) in [4.78, 5) is 29.5. The Morgan fingerprint density at radius 2 is 1.65 bits per heavy atom. The fraction of sp³-hybridized carbons (Fsp3) is 0.737. The van der Waals surface area contributed by atoms with Crippen molar-refractivity contribution in [1.82, 2.24) is 20.0 Å². The number of hydrogen-bond acceptors (Lipinski definition) is 3. The molecule has 144 valence electrons. The Morgan fingerprint density at radius 1 is 1.04 bits per heavy atom. The van der Waals surface area contributed by atoms with E-state index in [-0.39, 0.29) is 17.7 Å². The van der Waals surface area contributed by atoms with E-state index in [1.807, 2.05) is 9.80 Å². The minimum absolute atomic E-state index is 0.0549. The maximum atomic E-state index is 12.8. The van der Waals surface area contributed by atoms with Gasteiger partial charge in [0.2, 0.25) is 5.91 Å². The first-order valence-corrected chi connectivity index (χ1v) is 10.6. The van der Waals surface area contributed by atoms with Crippen LogP contribution in [0.15, 0.2) is 4.47 Å². The van der Waals surface area contributed by atoms with Gasteiger partial charge in [0.1, 0.15) is 0 Å². The normalized spacial score (nSPS) is 19.7. The number of halogens is 1. The lowest BCUT2D eigenvalue weighted by Crippen LogP contribution is -2.44. The quantitative estimate of drug-likeness (QED) is 0.806. The molecule has 2 aliphatic heterocycles. The van der Waals surface area contributed by atoms with Crippen molar-refractivity contribution in [3.8, 4) is 0 Å². The molecule has 0 spiro atoms. The van der Waals surface area contributed by atoms with Crippen molar-refractivity contribution < 1.29 is 9.59 Å². The number of aromatic nitrogens is 2. The van der Waals surface area contributed by atoms with Crippen molar-refractivity contribution in [3.05, 3.63) is 15.9 Å². The smallest absolute Gasteiger partial charge is 0.275 e. The predicted octanol–water partition coefficient (Wildman–Crippen LogP) is 3.55. The number of amides is 2. The topological polar surface area (TPSA) is 69.3 Å². The number of rotatable bonds is 3. The number of carbonyl (C=O) groups excluding carboxylic acids is 2. The van der Waals surface area contributed by atoms with E-state index in [0.717, 1.165) is 48.9 Å². The summed E-state index contributed by atoms with van der Waals surface area (Å²) in [6.45, 7) is 7.17. The monoisotopic (exact) mass is 424 g/mol. The second-order valence-corrected chi connectivity index (χ2v) is 8.55. The number of likely N-dealkylation sites (tertiary alicyclic amines) is 2. The number of H-pyrrole nitrogens is 1. The molecular formula is C19H29BrN4O2. The van der Waals surface area contributed by atoms with E-state index < -0.39 is 0 Å². The average molecular weight is 425 g/mol. The van der Waals surface area contributed by atoms with Gasteiger partial charge in [0.25, 0.3) is 5.91 Å². The van der Waals surface area contributed by atoms with Crippen LogP contribution in [0, 0.1) is 5.92 Å². The van der Waals surface area contributed by atoms with Gasteiger partial charge in [-0.15, -0.1) is 0 Å². The molecule has 0 radical (unpaired) electrons. The van der Waals surface area contributed by atoms with E-state index in [0.29, 0.717) is 24.7 Å². The van der Waals surface area contributed by atoms with Crippen molar-refractivity contribution in [2.45, 2.75) is 58.3 Å². The van der Waals surface area contributed by atoms with Crippen LogP contribution >= 0.6 is 15.9 Å². The molecule has 0 aromatic carbocycles. The maximum absolute atomic E-state index is 12.8. The second-order valence-electron chi connectivity index (χ2n) is 7.76. The van der Waals surface area contributed by atoms with Gasteiger partial charge in [-0.05, 0) is 47.5 Å². The second kappa shape index (κ2) is 8.55. The molecule has 7 heteroatoms. The first kappa shape index (κ1) is 19.4. The van der Waals surface area contributed by atoms with Crippen molar-refractivity contribution >= 4 is 27.7 Å². The predicted molar refractivity (Wildman–Crippen MR) is 104 cm³/mol. The summed E-state index contributed by atoms with van der Waals surface area (Å²) < 4.78 is 0.764.